The fraction of sp³-hybridized carbons (Fsp3) is 0.0909. The summed E-state index contributed by atoms with van der Waals surface area (Å²) in [5.41, 5.74) is 0. The van der Waals surface area contributed by atoms with Gasteiger partial charge in [0, 0.05) is 5.39 Å². The lowest BCUT2D eigenvalue weighted by atomic mass is 10.1. The van der Waals surface area contributed by atoms with Gasteiger partial charge in [-0.25, -0.2) is 0 Å². The van der Waals surface area contributed by atoms with Crippen LogP contribution in [0.25, 0.3) is 10.8 Å². The van der Waals surface area contributed by atoms with Crippen molar-refractivity contribution in [1.82, 2.24) is 0 Å². The predicted molar refractivity (Wildman–Crippen MR) is 63.2 cm³/mol. The molecular weight excluding hydrogens is 248 g/mol. The van der Waals surface area contributed by atoms with E-state index in [1.807, 2.05) is 12.1 Å². The minimum Gasteiger partial charge on any atom is -0.270 e. The Bertz CT molecular complexity index is 635. The third-order valence-electron chi connectivity index (χ3n) is 2.30. The largest absolute Gasteiger partial charge is 0.298 e. The van der Waals surface area contributed by atoms with E-state index in [4.69, 9.17) is 11.6 Å². The number of halogens is 1. The number of benzene rings is 2. The smallest absolute Gasteiger partial charge is 0.270 e. The Hall–Kier alpha value is -1.10. The summed E-state index contributed by atoms with van der Waals surface area (Å²) in [6.07, 6.45) is 0. The van der Waals surface area contributed by atoms with Gasteiger partial charge in [0.05, 0.1) is 12.1 Å². The molecule has 16 heavy (non-hydrogen) atoms. The highest BCUT2D eigenvalue weighted by molar-refractivity contribution is 7.87. The summed E-state index contributed by atoms with van der Waals surface area (Å²) in [5.74, 6) is 0. The van der Waals surface area contributed by atoms with Gasteiger partial charge >= 0.3 is 0 Å². The first-order valence-corrected chi connectivity index (χ1v) is 6.33. The molecule has 0 aliphatic rings. The Kier molecular flexibility index (Phi) is 2.88. The molecule has 2 aromatic carbocycles. The van der Waals surface area contributed by atoms with Crippen LogP contribution in [0.1, 0.15) is 0 Å². The summed E-state index contributed by atoms with van der Waals surface area (Å²) in [6, 6.07) is 10.4. The van der Waals surface area contributed by atoms with E-state index in [0.717, 1.165) is 12.5 Å². The molecule has 84 valence electrons. The highest BCUT2D eigenvalue weighted by atomic mass is 35.5. The number of rotatable bonds is 2. The maximum absolute atomic E-state index is 11.7. The highest BCUT2D eigenvalue weighted by Gasteiger charge is 2.20. The molecule has 3 nitrogen and oxygen atoms in total. The van der Waals surface area contributed by atoms with Crippen molar-refractivity contribution in [2.24, 2.45) is 0 Å². The molecule has 0 N–H and O–H groups in total. The Morgan fingerprint density at radius 1 is 1.12 bits per heavy atom. The average molecular weight is 257 g/mol. The zero-order valence-corrected chi connectivity index (χ0v) is 10.0. The SMILES string of the molecule is COS(=O)(=O)c1c(Cl)ccc2ccccc12. The second-order valence-corrected chi connectivity index (χ2v) is 5.28. The zero-order valence-electron chi connectivity index (χ0n) is 8.48. The van der Waals surface area contributed by atoms with E-state index in [2.05, 4.69) is 4.18 Å². The van der Waals surface area contributed by atoms with Crippen molar-refractivity contribution in [2.75, 3.05) is 7.11 Å². The van der Waals surface area contributed by atoms with Crippen molar-refractivity contribution in [3.05, 3.63) is 41.4 Å². The third kappa shape index (κ3) is 1.80. The van der Waals surface area contributed by atoms with Gasteiger partial charge in [-0.05, 0) is 11.5 Å². The summed E-state index contributed by atoms with van der Waals surface area (Å²) in [5, 5.41) is 1.54. The topological polar surface area (TPSA) is 43.4 Å². The first-order valence-electron chi connectivity index (χ1n) is 4.54. The van der Waals surface area contributed by atoms with Gasteiger partial charge in [-0.2, -0.15) is 8.42 Å². The van der Waals surface area contributed by atoms with Crippen LogP contribution in [0.15, 0.2) is 41.3 Å². The molecule has 0 saturated carbocycles. The highest BCUT2D eigenvalue weighted by Crippen LogP contribution is 2.30. The lowest BCUT2D eigenvalue weighted by Crippen LogP contribution is -2.04. The number of fused-ring (bicyclic) bond motifs is 1. The number of hydrogen-bond acceptors (Lipinski definition) is 3. The van der Waals surface area contributed by atoms with E-state index in [1.165, 1.54) is 0 Å². The second kappa shape index (κ2) is 4.05. The van der Waals surface area contributed by atoms with E-state index >= 15 is 0 Å². The summed E-state index contributed by atoms with van der Waals surface area (Å²) >= 11 is 5.91. The van der Waals surface area contributed by atoms with Gasteiger partial charge in [-0.3, -0.25) is 4.18 Å². The molecule has 0 aliphatic heterocycles. The lowest BCUT2D eigenvalue weighted by molar-refractivity contribution is 0.398. The van der Waals surface area contributed by atoms with E-state index in [9.17, 15) is 8.42 Å². The molecule has 0 heterocycles. The lowest BCUT2D eigenvalue weighted by Gasteiger charge is -2.07. The normalized spacial score (nSPS) is 11.9. The van der Waals surface area contributed by atoms with Crippen LogP contribution in [0.5, 0.6) is 0 Å². The fourth-order valence-corrected chi connectivity index (χ4v) is 2.93. The van der Waals surface area contributed by atoms with Crippen LogP contribution in [-0.2, 0) is 14.3 Å². The first-order chi connectivity index (χ1) is 7.56. The van der Waals surface area contributed by atoms with E-state index in [1.54, 1.807) is 24.3 Å². The van der Waals surface area contributed by atoms with Crippen molar-refractivity contribution in [1.29, 1.82) is 0 Å². The monoisotopic (exact) mass is 256 g/mol. The summed E-state index contributed by atoms with van der Waals surface area (Å²) in [7, 11) is -2.67. The molecule has 0 radical (unpaired) electrons. The summed E-state index contributed by atoms with van der Waals surface area (Å²) in [4.78, 5) is 0.0229. The maximum atomic E-state index is 11.7. The molecule has 0 saturated heterocycles. The molecule has 5 heteroatoms. The standard InChI is InChI=1S/C11H9ClO3S/c1-15-16(13,14)11-9-5-3-2-4-8(9)6-7-10(11)12/h2-7H,1H3. The number of hydrogen-bond donors (Lipinski definition) is 0. The third-order valence-corrected chi connectivity index (χ3v) is 4.11. The molecular formula is C11H9ClO3S. The van der Waals surface area contributed by atoms with Crippen LogP contribution >= 0.6 is 11.6 Å². The van der Waals surface area contributed by atoms with Crippen molar-refractivity contribution in [2.45, 2.75) is 4.90 Å². The molecule has 0 spiro atoms. The Morgan fingerprint density at radius 3 is 2.50 bits per heavy atom. The minimum absolute atomic E-state index is 0.0229. The zero-order chi connectivity index (χ0) is 11.8. The molecule has 0 aromatic heterocycles. The van der Waals surface area contributed by atoms with E-state index < -0.39 is 10.1 Å². The van der Waals surface area contributed by atoms with Gasteiger partial charge in [0.2, 0.25) is 0 Å². The predicted octanol–water partition coefficient (Wildman–Crippen LogP) is 2.83. The molecule has 0 fully saturated rings. The molecule has 0 amide bonds. The van der Waals surface area contributed by atoms with Gasteiger partial charge in [-0.1, -0.05) is 41.9 Å². The van der Waals surface area contributed by atoms with Crippen LogP contribution < -0.4 is 0 Å². The fourth-order valence-electron chi connectivity index (χ4n) is 1.55. The van der Waals surface area contributed by atoms with Crippen molar-refractivity contribution in [3.63, 3.8) is 0 Å². The van der Waals surface area contributed by atoms with E-state index in [0.29, 0.717) is 5.39 Å². The maximum Gasteiger partial charge on any atom is 0.298 e. The van der Waals surface area contributed by atoms with Crippen LogP contribution in [0.4, 0.5) is 0 Å². The molecule has 0 atom stereocenters. The summed E-state index contributed by atoms with van der Waals surface area (Å²) in [6.45, 7) is 0. The molecule has 0 aliphatic carbocycles. The molecule has 2 aromatic rings. The first kappa shape index (κ1) is 11.4. The Balaban J connectivity index is 2.92. The van der Waals surface area contributed by atoms with Gasteiger partial charge in [0.15, 0.2) is 0 Å². The van der Waals surface area contributed by atoms with Gasteiger partial charge in [-0.15, -0.1) is 0 Å². The van der Waals surface area contributed by atoms with E-state index in [-0.39, 0.29) is 9.92 Å². The Morgan fingerprint density at radius 2 is 1.81 bits per heavy atom. The van der Waals surface area contributed by atoms with Crippen molar-refractivity contribution < 1.29 is 12.6 Å². The van der Waals surface area contributed by atoms with Gasteiger partial charge in [0.1, 0.15) is 4.90 Å². The van der Waals surface area contributed by atoms with Crippen molar-refractivity contribution in [3.8, 4) is 0 Å². The molecule has 0 unspecified atom stereocenters. The quantitative estimate of drug-likeness (QED) is 0.776. The van der Waals surface area contributed by atoms with Crippen LogP contribution in [0.3, 0.4) is 0 Å². The second-order valence-electron chi connectivity index (χ2n) is 3.22. The van der Waals surface area contributed by atoms with Crippen LogP contribution in [-0.4, -0.2) is 15.5 Å². The van der Waals surface area contributed by atoms with Crippen LogP contribution in [0.2, 0.25) is 5.02 Å². The van der Waals surface area contributed by atoms with Gasteiger partial charge in [0.25, 0.3) is 10.1 Å². The molecule has 2 rings (SSSR count). The molecule has 0 bridgehead atoms. The van der Waals surface area contributed by atoms with Crippen LogP contribution in [0, 0.1) is 0 Å². The van der Waals surface area contributed by atoms with Crippen molar-refractivity contribution >= 4 is 32.5 Å². The summed E-state index contributed by atoms with van der Waals surface area (Å²) < 4.78 is 28.0. The van der Waals surface area contributed by atoms with Gasteiger partial charge < -0.3 is 0 Å². The minimum atomic E-state index is -3.79. The Labute approximate surface area is 98.7 Å². The average Bonchev–Trinajstić information content (AvgIpc) is 2.28.